The predicted molar refractivity (Wildman–Crippen MR) is 61.9 cm³/mol. The van der Waals surface area contributed by atoms with Gasteiger partial charge in [0.1, 0.15) is 17.6 Å². The quantitative estimate of drug-likeness (QED) is 0.734. The minimum Gasteiger partial charge on any atom is -0.508 e. The van der Waals surface area contributed by atoms with Gasteiger partial charge in [0.2, 0.25) is 0 Å². The third-order valence-electron chi connectivity index (χ3n) is 2.89. The Labute approximate surface area is 93.7 Å². The van der Waals surface area contributed by atoms with E-state index < -0.39 is 0 Å². The van der Waals surface area contributed by atoms with Gasteiger partial charge in [0, 0.05) is 23.6 Å². The first kappa shape index (κ1) is 9.46. The average molecular weight is 215 g/mol. The molecular formula is C13H13NO2. The maximum Gasteiger partial charge on any atom is 0.133 e. The summed E-state index contributed by atoms with van der Waals surface area (Å²) in [6.45, 7) is 3.99. The SMILES string of the molecule is Cc1cc2cc(O)cc3c2c(n1)C[C@@H](C)O3. The monoisotopic (exact) mass is 215 g/mol. The van der Waals surface area contributed by atoms with Crippen molar-refractivity contribution in [2.24, 2.45) is 0 Å². The molecule has 1 aliphatic rings. The fourth-order valence-electron chi connectivity index (χ4n) is 2.34. The Kier molecular flexibility index (Phi) is 1.84. The predicted octanol–water partition coefficient (Wildman–Crippen LogP) is 2.57. The Balaban J connectivity index is 2.41. The lowest BCUT2D eigenvalue weighted by molar-refractivity contribution is 0.216. The van der Waals surface area contributed by atoms with Crippen LogP contribution in [0.5, 0.6) is 11.5 Å². The standard InChI is InChI=1S/C13H13NO2/c1-7-3-9-5-10(15)6-12-13(9)11(14-7)4-8(2)16-12/h3,5-6,8,15H,4H2,1-2H3/t8-/m1/s1. The highest BCUT2D eigenvalue weighted by Crippen LogP contribution is 2.37. The van der Waals surface area contributed by atoms with E-state index in [1.54, 1.807) is 12.1 Å². The molecule has 0 amide bonds. The van der Waals surface area contributed by atoms with Gasteiger partial charge in [0.15, 0.2) is 0 Å². The van der Waals surface area contributed by atoms with Gasteiger partial charge in [0.05, 0.1) is 5.69 Å². The molecule has 1 aromatic carbocycles. The molecule has 0 aliphatic carbocycles. The van der Waals surface area contributed by atoms with Crippen LogP contribution >= 0.6 is 0 Å². The van der Waals surface area contributed by atoms with Crippen LogP contribution in [0.2, 0.25) is 0 Å². The molecule has 16 heavy (non-hydrogen) atoms. The number of hydrogen-bond donors (Lipinski definition) is 1. The number of aromatic hydroxyl groups is 1. The minimum atomic E-state index is 0.117. The van der Waals surface area contributed by atoms with E-state index in [1.165, 1.54) is 0 Å². The van der Waals surface area contributed by atoms with E-state index >= 15 is 0 Å². The van der Waals surface area contributed by atoms with Gasteiger partial charge in [0.25, 0.3) is 0 Å². The molecule has 0 saturated carbocycles. The first-order chi connectivity index (χ1) is 7.63. The van der Waals surface area contributed by atoms with Gasteiger partial charge in [-0.2, -0.15) is 0 Å². The number of phenolic OH excluding ortho intramolecular Hbond substituents is 1. The molecule has 1 aromatic heterocycles. The average Bonchev–Trinajstić information content (AvgIpc) is 2.14. The molecule has 1 atom stereocenters. The van der Waals surface area contributed by atoms with Crippen LogP contribution in [0, 0.1) is 6.92 Å². The van der Waals surface area contributed by atoms with Crippen LogP contribution in [0.15, 0.2) is 18.2 Å². The van der Waals surface area contributed by atoms with Crippen LogP contribution in [0.1, 0.15) is 18.3 Å². The Morgan fingerprint density at radius 3 is 3.00 bits per heavy atom. The zero-order valence-electron chi connectivity index (χ0n) is 9.32. The first-order valence-corrected chi connectivity index (χ1v) is 5.43. The molecule has 3 heteroatoms. The summed E-state index contributed by atoms with van der Waals surface area (Å²) >= 11 is 0. The van der Waals surface area contributed by atoms with Crippen molar-refractivity contribution in [3.05, 3.63) is 29.6 Å². The lowest BCUT2D eigenvalue weighted by atomic mass is 10.0. The van der Waals surface area contributed by atoms with Crippen LogP contribution in [0.4, 0.5) is 0 Å². The molecule has 0 radical (unpaired) electrons. The van der Waals surface area contributed by atoms with Crippen LogP contribution in [-0.4, -0.2) is 16.2 Å². The second-order valence-electron chi connectivity index (χ2n) is 4.38. The third kappa shape index (κ3) is 1.32. The number of ether oxygens (including phenoxy) is 1. The Bertz CT molecular complexity index is 531. The number of phenols is 1. The second-order valence-corrected chi connectivity index (χ2v) is 4.38. The molecule has 82 valence electrons. The van der Waals surface area contributed by atoms with Crippen molar-refractivity contribution in [3.8, 4) is 11.5 Å². The molecule has 0 bridgehead atoms. The van der Waals surface area contributed by atoms with E-state index in [0.717, 1.165) is 34.3 Å². The Morgan fingerprint density at radius 2 is 2.19 bits per heavy atom. The van der Waals surface area contributed by atoms with Gasteiger partial charge < -0.3 is 9.84 Å². The fourth-order valence-corrected chi connectivity index (χ4v) is 2.34. The zero-order chi connectivity index (χ0) is 11.3. The van der Waals surface area contributed by atoms with E-state index in [2.05, 4.69) is 4.98 Å². The Hall–Kier alpha value is -1.77. The molecule has 1 aliphatic heterocycles. The van der Waals surface area contributed by atoms with E-state index in [-0.39, 0.29) is 11.9 Å². The lowest BCUT2D eigenvalue weighted by Crippen LogP contribution is -2.20. The highest BCUT2D eigenvalue weighted by Gasteiger charge is 2.20. The summed E-state index contributed by atoms with van der Waals surface area (Å²) < 4.78 is 5.72. The molecule has 2 aromatic rings. The van der Waals surface area contributed by atoms with Gasteiger partial charge in [-0.15, -0.1) is 0 Å². The summed E-state index contributed by atoms with van der Waals surface area (Å²) in [5, 5.41) is 11.7. The molecule has 0 saturated heterocycles. The molecule has 3 rings (SSSR count). The maximum atomic E-state index is 9.63. The van der Waals surface area contributed by atoms with Gasteiger partial charge in [-0.05, 0) is 31.4 Å². The molecule has 1 N–H and O–H groups in total. The second kappa shape index (κ2) is 3.11. The Morgan fingerprint density at radius 1 is 1.38 bits per heavy atom. The van der Waals surface area contributed by atoms with Crippen molar-refractivity contribution in [1.29, 1.82) is 0 Å². The molecule has 3 nitrogen and oxygen atoms in total. The first-order valence-electron chi connectivity index (χ1n) is 5.43. The van der Waals surface area contributed by atoms with E-state index in [9.17, 15) is 5.11 Å². The number of pyridine rings is 1. The molecule has 2 heterocycles. The number of aryl methyl sites for hydroxylation is 1. The van der Waals surface area contributed by atoms with Crippen molar-refractivity contribution in [3.63, 3.8) is 0 Å². The van der Waals surface area contributed by atoms with Crippen molar-refractivity contribution in [2.75, 3.05) is 0 Å². The third-order valence-corrected chi connectivity index (χ3v) is 2.89. The molecule has 0 fully saturated rings. The number of benzene rings is 1. The lowest BCUT2D eigenvalue weighted by Gasteiger charge is -2.23. The largest absolute Gasteiger partial charge is 0.508 e. The van der Waals surface area contributed by atoms with Crippen molar-refractivity contribution in [1.82, 2.24) is 4.98 Å². The van der Waals surface area contributed by atoms with Crippen LogP contribution in [-0.2, 0) is 6.42 Å². The zero-order valence-corrected chi connectivity index (χ0v) is 9.32. The smallest absolute Gasteiger partial charge is 0.133 e. The number of aromatic nitrogens is 1. The normalized spacial score (nSPS) is 18.5. The summed E-state index contributed by atoms with van der Waals surface area (Å²) in [4.78, 5) is 4.55. The molecule has 0 spiro atoms. The van der Waals surface area contributed by atoms with Gasteiger partial charge in [-0.25, -0.2) is 0 Å². The molecular weight excluding hydrogens is 202 g/mol. The summed E-state index contributed by atoms with van der Waals surface area (Å²) in [6, 6.07) is 5.40. The van der Waals surface area contributed by atoms with E-state index in [1.807, 2.05) is 19.9 Å². The van der Waals surface area contributed by atoms with Crippen molar-refractivity contribution < 1.29 is 9.84 Å². The van der Waals surface area contributed by atoms with Crippen LogP contribution < -0.4 is 4.74 Å². The summed E-state index contributed by atoms with van der Waals surface area (Å²) in [5.74, 6) is 0.990. The van der Waals surface area contributed by atoms with Crippen LogP contribution in [0.3, 0.4) is 0 Å². The van der Waals surface area contributed by atoms with Gasteiger partial charge in [-0.3, -0.25) is 4.98 Å². The van der Waals surface area contributed by atoms with Gasteiger partial charge in [-0.1, -0.05) is 0 Å². The van der Waals surface area contributed by atoms with E-state index in [0.29, 0.717) is 0 Å². The van der Waals surface area contributed by atoms with Crippen molar-refractivity contribution in [2.45, 2.75) is 26.4 Å². The van der Waals surface area contributed by atoms with Crippen molar-refractivity contribution >= 4 is 10.8 Å². The number of nitrogens with zero attached hydrogens (tertiary/aromatic N) is 1. The number of hydrogen-bond acceptors (Lipinski definition) is 3. The molecule has 0 unspecified atom stereocenters. The minimum absolute atomic E-state index is 0.117. The fraction of sp³-hybridized carbons (Fsp3) is 0.308. The maximum absolute atomic E-state index is 9.63. The van der Waals surface area contributed by atoms with Gasteiger partial charge >= 0.3 is 0 Å². The highest BCUT2D eigenvalue weighted by molar-refractivity contribution is 5.92. The summed E-state index contributed by atoms with van der Waals surface area (Å²) in [5.41, 5.74) is 2.05. The van der Waals surface area contributed by atoms with E-state index in [4.69, 9.17) is 4.74 Å². The van der Waals surface area contributed by atoms with Crippen LogP contribution in [0.25, 0.3) is 10.8 Å². The summed E-state index contributed by atoms with van der Waals surface area (Å²) in [6.07, 6.45) is 0.947. The topological polar surface area (TPSA) is 42.4 Å². The highest BCUT2D eigenvalue weighted by atomic mass is 16.5. The number of rotatable bonds is 0. The summed E-state index contributed by atoms with van der Waals surface area (Å²) in [7, 11) is 0.